The van der Waals surface area contributed by atoms with Crippen molar-refractivity contribution >= 4 is 0 Å². The maximum atomic E-state index is 5.79. The highest BCUT2D eigenvalue weighted by Gasteiger charge is 2.24. The number of benzene rings is 1. The summed E-state index contributed by atoms with van der Waals surface area (Å²) >= 11 is 0. The summed E-state index contributed by atoms with van der Waals surface area (Å²) in [5.41, 5.74) is 5.79. The van der Waals surface area contributed by atoms with Crippen LogP contribution in [-0.2, 0) is 10.2 Å². The van der Waals surface area contributed by atoms with Gasteiger partial charge in [0.15, 0.2) is 0 Å². The number of ether oxygens (including phenoxy) is 1. The Morgan fingerprint density at radius 1 is 1.16 bits per heavy atom. The van der Waals surface area contributed by atoms with Crippen molar-refractivity contribution in [2.75, 3.05) is 13.2 Å². The topological polar surface area (TPSA) is 21.3 Å². The number of morpholine rings is 1. The number of hydrogen-bond acceptors (Lipinski definition) is 2. The smallest absolute Gasteiger partial charge is 0.0672 e. The number of nitrogens with one attached hydrogen (secondary N) is 1. The molecule has 1 aromatic rings. The average molecular weight is 261 g/mol. The van der Waals surface area contributed by atoms with Gasteiger partial charge in [0, 0.05) is 6.54 Å². The van der Waals surface area contributed by atoms with Gasteiger partial charge in [-0.1, -0.05) is 32.9 Å². The second-order valence-electron chi connectivity index (χ2n) is 6.88. The second-order valence-corrected chi connectivity index (χ2v) is 6.88. The van der Waals surface area contributed by atoms with E-state index in [4.69, 9.17) is 4.74 Å². The normalized spacial score (nSPS) is 24.5. The molecule has 106 valence electrons. The van der Waals surface area contributed by atoms with Gasteiger partial charge in [-0.05, 0) is 48.4 Å². The van der Waals surface area contributed by atoms with Crippen LogP contribution in [0.2, 0.25) is 0 Å². The lowest BCUT2D eigenvalue weighted by Gasteiger charge is -2.31. The highest BCUT2D eigenvalue weighted by molar-refractivity contribution is 5.42. The van der Waals surface area contributed by atoms with Gasteiger partial charge >= 0.3 is 0 Å². The highest BCUT2D eigenvalue weighted by atomic mass is 16.5. The summed E-state index contributed by atoms with van der Waals surface area (Å²) in [6.07, 6.45) is 0.325. The van der Waals surface area contributed by atoms with E-state index < -0.39 is 0 Å². The first-order chi connectivity index (χ1) is 8.79. The SMILES string of the molecule is Cc1cc(C(C)(C)C)cc(C)c1C1COC(C)CN1. The van der Waals surface area contributed by atoms with Crippen molar-refractivity contribution < 1.29 is 4.74 Å². The van der Waals surface area contributed by atoms with Crippen molar-refractivity contribution in [1.82, 2.24) is 5.32 Å². The molecule has 0 spiro atoms. The van der Waals surface area contributed by atoms with E-state index in [-0.39, 0.29) is 5.41 Å². The molecule has 1 heterocycles. The van der Waals surface area contributed by atoms with Gasteiger partial charge in [0.1, 0.15) is 0 Å². The van der Waals surface area contributed by atoms with E-state index in [0.717, 1.165) is 13.2 Å². The van der Waals surface area contributed by atoms with Crippen LogP contribution in [0.5, 0.6) is 0 Å². The predicted molar refractivity (Wildman–Crippen MR) is 80.8 cm³/mol. The van der Waals surface area contributed by atoms with E-state index in [0.29, 0.717) is 12.1 Å². The molecule has 1 aliphatic rings. The minimum atomic E-state index is 0.207. The fourth-order valence-corrected chi connectivity index (χ4v) is 2.83. The van der Waals surface area contributed by atoms with Crippen LogP contribution in [-0.4, -0.2) is 19.3 Å². The van der Waals surface area contributed by atoms with E-state index in [9.17, 15) is 0 Å². The molecule has 0 aliphatic carbocycles. The molecule has 1 fully saturated rings. The number of rotatable bonds is 1. The molecule has 2 rings (SSSR count). The third-order valence-electron chi connectivity index (χ3n) is 4.01. The monoisotopic (exact) mass is 261 g/mol. The molecule has 1 saturated heterocycles. The van der Waals surface area contributed by atoms with E-state index in [1.54, 1.807) is 0 Å². The first-order valence-electron chi connectivity index (χ1n) is 7.25. The highest BCUT2D eigenvalue weighted by Crippen LogP contribution is 2.30. The van der Waals surface area contributed by atoms with Gasteiger partial charge in [-0.3, -0.25) is 0 Å². The fraction of sp³-hybridized carbons (Fsp3) is 0.647. The van der Waals surface area contributed by atoms with E-state index in [1.165, 1.54) is 22.3 Å². The van der Waals surface area contributed by atoms with Gasteiger partial charge in [0.05, 0.1) is 18.8 Å². The lowest BCUT2D eigenvalue weighted by Crippen LogP contribution is -2.40. The summed E-state index contributed by atoms with van der Waals surface area (Å²) in [6.45, 7) is 15.1. The average Bonchev–Trinajstić information content (AvgIpc) is 2.29. The van der Waals surface area contributed by atoms with Crippen molar-refractivity contribution in [3.63, 3.8) is 0 Å². The predicted octanol–water partition coefficient (Wildman–Crippen LogP) is 3.65. The molecular formula is C17H27NO. The van der Waals surface area contributed by atoms with Crippen LogP contribution in [0.4, 0.5) is 0 Å². The van der Waals surface area contributed by atoms with Crippen LogP contribution < -0.4 is 5.32 Å². The summed E-state index contributed by atoms with van der Waals surface area (Å²) in [6, 6.07) is 5.01. The van der Waals surface area contributed by atoms with Crippen LogP contribution in [0, 0.1) is 13.8 Å². The molecule has 1 aliphatic heterocycles. The Hall–Kier alpha value is -0.860. The summed E-state index contributed by atoms with van der Waals surface area (Å²) in [5.74, 6) is 0. The van der Waals surface area contributed by atoms with Crippen molar-refractivity contribution in [1.29, 1.82) is 0 Å². The minimum absolute atomic E-state index is 0.207. The summed E-state index contributed by atoms with van der Waals surface area (Å²) in [4.78, 5) is 0. The fourth-order valence-electron chi connectivity index (χ4n) is 2.83. The third kappa shape index (κ3) is 3.18. The summed E-state index contributed by atoms with van der Waals surface area (Å²) < 4.78 is 5.79. The lowest BCUT2D eigenvalue weighted by atomic mass is 9.82. The van der Waals surface area contributed by atoms with E-state index in [1.807, 2.05) is 0 Å². The molecule has 2 unspecified atom stereocenters. The van der Waals surface area contributed by atoms with Crippen molar-refractivity contribution in [2.45, 2.75) is 59.1 Å². The standard InChI is InChI=1S/C17H27NO/c1-11-7-14(17(4,5)6)8-12(2)16(11)15-10-19-13(3)9-18-15/h7-8,13,15,18H,9-10H2,1-6H3. The Labute approximate surface area is 117 Å². The molecule has 2 nitrogen and oxygen atoms in total. The Kier molecular flexibility index (Phi) is 4.03. The molecule has 19 heavy (non-hydrogen) atoms. The van der Waals surface area contributed by atoms with Gasteiger partial charge in [0.25, 0.3) is 0 Å². The van der Waals surface area contributed by atoms with Crippen molar-refractivity contribution in [3.8, 4) is 0 Å². The Morgan fingerprint density at radius 2 is 1.74 bits per heavy atom. The molecule has 0 radical (unpaired) electrons. The maximum absolute atomic E-state index is 5.79. The van der Waals surface area contributed by atoms with E-state index >= 15 is 0 Å². The zero-order valence-corrected chi connectivity index (χ0v) is 13.1. The molecule has 0 amide bonds. The summed E-state index contributed by atoms with van der Waals surface area (Å²) in [5, 5.41) is 3.60. The molecular weight excluding hydrogens is 234 g/mol. The second kappa shape index (κ2) is 5.26. The van der Waals surface area contributed by atoms with Crippen molar-refractivity contribution in [2.24, 2.45) is 0 Å². The molecule has 0 bridgehead atoms. The Balaban J connectivity index is 2.32. The van der Waals surface area contributed by atoms with Crippen molar-refractivity contribution in [3.05, 3.63) is 34.4 Å². The molecule has 1 aromatic carbocycles. The van der Waals surface area contributed by atoms with Crippen LogP contribution in [0.15, 0.2) is 12.1 Å². The first-order valence-corrected chi connectivity index (χ1v) is 7.25. The van der Waals surface area contributed by atoms with Gasteiger partial charge < -0.3 is 10.1 Å². The van der Waals surface area contributed by atoms with Gasteiger partial charge in [0.2, 0.25) is 0 Å². The Morgan fingerprint density at radius 3 is 2.16 bits per heavy atom. The van der Waals surface area contributed by atoms with Gasteiger partial charge in [-0.25, -0.2) is 0 Å². The molecule has 1 N–H and O–H groups in total. The molecule has 0 aromatic heterocycles. The quantitative estimate of drug-likeness (QED) is 0.833. The van der Waals surface area contributed by atoms with Crippen LogP contribution in [0.25, 0.3) is 0 Å². The molecule has 2 heteroatoms. The first kappa shape index (κ1) is 14.5. The van der Waals surface area contributed by atoms with Gasteiger partial charge in [-0.15, -0.1) is 0 Å². The van der Waals surface area contributed by atoms with Crippen LogP contribution >= 0.6 is 0 Å². The zero-order valence-electron chi connectivity index (χ0n) is 13.1. The Bertz CT molecular complexity index is 428. The van der Waals surface area contributed by atoms with E-state index in [2.05, 4.69) is 59.0 Å². The maximum Gasteiger partial charge on any atom is 0.0672 e. The largest absolute Gasteiger partial charge is 0.375 e. The summed E-state index contributed by atoms with van der Waals surface area (Å²) in [7, 11) is 0. The number of hydrogen-bond donors (Lipinski definition) is 1. The molecule has 2 atom stereocenters. The third-order valence-corrected chi connectivity index (χ3v) is 4.01. The van der Waals surface area contributed by atoms with Gasteiger partial charge in [-0.2, -0.15) is 0 Å². The number of aryl methyl sites for hydroxylation is 2. The van der Waals surface area contributed by atoms with Crippen LogP contribution in [0.1, 0.15) is 56.0 Å². The van der Waals surface area contributed by atoms with Crippen LogP contribution in [0.3, 0.4) is 0 Å². The minimum Gasteiger partial charge on any atom is -0.375 e. The molecule has 0 saturated carbocycles. The lowest BCUT2D eigenvalue weighted by molar-refractivity contribution is 0.0146. The zero-order chi connectivity index (χ0) is 14.2.